The molecular weight excluding hydrogens is 379 g/mol. The molecule has 0 N–H and O–H groups in total. The van der Waals surface area contributed by atoms with Gasteiger partial charge in [0, 0.05) is 9.86 Å². The standard InChI is InChI=1S/C17H12BrFN2O3/c1-2-24-17(23)15-12-5-3-4-6-14(12)21(20-15)16(22)11-8-7-10(19)9-13(11)18/h3-9H,2H2,1H3. The summed E-state index contributed by atoms with van der Waals surface area (Å²) in [6, 6.07) is 10.6. The van der Waals surface area contributed by atoms with Crippen LogP contribution in [0.4, 0.5) is 4.39 Å². The molecule has 2 aromatic carbocycles. The summed E-state index contributed by atoms with van der Waals surface area (Å²) in [5, 5.41) is 4.64. The number of halogens is 2. The normalized spacial score (nSPS) is 10.8. The smallest absolute Gasteiger partial charge is 0.359 e. The van der Waals surface area contributed by atoms with Crippen molar-refractivity contribution >= 4 is 38.7 Å². The lowest BCUT2D eigenvalue weighted by Gasteiger charge is -2.05. The lowest BCUT2D eigenvalue weighted by Crippen LogP contribution is -2.15. The highest BCUT2D eigenvalue weighted by Gasteiger charge is 2.23. The van der Waals surface area contributed by atoms with Crippen LogP contribution >= 0.6 is 15.9 Å². The van der Waals surface area contributed by atoms with Crippen LogP contribution in [0, 0.1) is 5.82 Å². The second kappa shape index (κ2) is 6.52. The van der Waals surface area contributed by atoms with Gasteiger partial charge in [-0.3, -0.25) is 4.79 Å². The van der Waals surface area contributed by atoms with Crippen molar-refractivity contribution in [1.29, 1.82) is 0 Å². The number of esters is 1. The zero-order chi connectivity index (χ0) is 17.3. The van der Waals surface area contributed by atoms with Gasteiger partial charge < -0.3 is 4.74 Å². The van der Waals surface area contributed by atoms with Crippen molar-refractivity contribution in [3.8, 4) is 0 Å². The number of carbonyl (C=O) groups is 2. The maximum Gasteiger partial charge on any atom is 0.359 e. The Hall–Kier alpha value is -2.54. The third-order valence-corrected chi connectivity index (χ3v) is 4.07. The zero-order valence-corrected chi connectivity index (χ0v) is 14.2. The van der Waals surface area contributed by atoms with Gasteiger partial charge in [0.05, 0.1) is 17.7 Å². The maximum atomic E-state index is 13.2. The maximum absolute atomic E-state index is 13.2. The average molecular weight is 391 g/mol. The highest BCUT2D eigenvalue weighted by atomic mass is 79.9. The van der Waals surface area contributed by atoms with E-state index >= 15 is 0 Å². The molecule has 0 bridgehead atoms. The van der Waals surface area contributed by atoms with Crippen molar-refractivity contribution in [1.82, 2.24) is 9.78 Å². The summed E-state index contributed by atoms with van der Waals surface area (Å²) >= 11 is 3.18. The molecule has 0 saturated carbocycles. The molecule has 0 saturated heterocycles. The van der Waals surface area contributed by atoms with E-state index in [-0.39, 0.29) is 17.9 Å². The molecule has 0 spiro atoms. The van der Waals surface area contributed by atoms with Gasteiger partial charge >= 0.3 is 5.97 Å². The van der Waals surface area contributed by atoms with E-state index in [1.165, 1.54) is 18.2 Å². The first kappa shape index (κ1) is 16.3. The molecule has 24 heavy (non-hydrogen) atoms. The Labute approximate surface area is 145 Å². The van der Waals surface area contributed by atoms with Crippen LogP contribution in [0.1, 0.15) is 27.8 Å². The third-order valence-electron chi connectivity index (χ3n) is 3.41. The summed E-state index contributed by atoms with van der Waals surface area (Å²) in [7, 11) is 0. The van der Waals surface area contributed by atoms with Crippen molar-refractivity contribution in [2.24, 2.45) is 0 Å². The molecule has 0 fully saturated rings. The van der Waals surface area contributed by atoms with Gasteiger partial charge in [-0.2, -0.15) is 9.78 Å². The molecule has 5 nitrogen and oxygen atoms in total. The Kier molecular flexibility index (Phi) is 4.44. The number of hydrogen-bond acceptors (Lipinski definition) is 4. The van der Waals surface area contributed by atoms with Crippen molar-refractivity contribution in [3.63, 3.8) is 0 Å². The zero-order valence-electron chi connectivity index (χ0n) is 12.6. The molecule has 0 atom stereocenters. The summed E-state index contributed by atoms with van der Waals surface area (Å²) in [6.07, 6.45) is 0. The van der Waals surface area contributed by atoms with Gasteiger partial charge in [0.25, 0.3) is 5.91 Å². The Morgan fingerprint density at radius 2 is 2.00 bits per heavy atom. The molecule has 7 heteroatoms. The average Bonchev–Trinajstić information content (AvgIpc) is 2.94. The molecule has 0 unspecified atom stereocenters. The predicted octanol–water partition coefficient (Wildman–Crippen LogP) is 3.80. The van der Waals surface area contributed by atoms with E-state index in [1.807, 2.05) is 0 Å². The largest absolute Gasteiger partial charge is 0.461 e. The van der Waals surface area contributed by atoms with Gasteiger partial charge in [-0.05, 0) is 47.1 Å². The van der Waals surface area contributed by atoms with Gasteiger partial charge in [0.15, 0.2) is 5.69 Å². The molecule has 0 aliphatic heterocycles. The molecule has 1 aromatic heterocycles. The molecular formula is C17H12BrFN2O3. The minimum atomic E-state index is -0.599. The first-order valence-electron chi connectivity index (χ1n) is 7.17. The van der Waals surface area contributed by atoms with Gasteiger partial charge in [-0.1, -0.05) is 18.2 Å². The summed E-state index contributed by atoms with van der Waals surface area (Å²) in [6.45, 7) is 1.90. The van der Waals surface area contributed by atoms with E-state index in [2.05, 4.69) is 21.0 Å². The van der Waals surface area contributed by atoms with E-state index < -0.39 is 17.7 Å². The van der Waals surface area contributed by atoms with E-state index in [0.717, 1.165) is 4.68 Å². The molecule has 0 aliphatic carbocycles. The fraction of sp³-hybridized carbons (Fsp3) is 0.118. The van der Waals surface area contributed by atoms with Crippen LogP contribution in [0.2, 0.25) is 0 Å². The highest BCUT2D eigenvalue weighted by molar-refractivity contribution is 9.10. The van der Waals surface area contributed by atoms with Crippen LogP contribution < -0.4 is 0 Å². The molecule has 1 heterocycles. The second-order valence-electron chi connectivity index (χ2n) is 4.93. The Morgan fingerprint density at radius 3 is 2.71 bits per heavy atom. The highest BCUT2D eigenvalue weighted by Crippen LogP contribution is 2.23. The Balaban J connectivity index is 2.16. The van der Waals surface area contributed by atoms with Crippen molar-refractivity contribution in [2.45, 2.75) is 6.92 Å². The summed E-state index contributed by atoms with van der Waals surface area (Å²) < 4.78 is 19.7. The number of ether oxygens (including phenoxy) is 1. The van der Waals surface area contributed by atoms with Crippen LogP contribution in [-0.2, 0) is 4.74 Å². The fourth-order valence-corrected chi connectivity index (χ4v) is 2.87. The SMILES string of the molecule is CCOC(=O)c1nn(C(=O)c2ccc(F)cc2Br)c2ccccc12. The van der Waals surface area contributed by atoms with Crippen LogP contribution in [0.15, 0.2) is 46.9 Å². The summed E-state index contributed by atoms with van der Waals surface area (Å²) in [5.41, 5.74) is 0.779. The Morgan fingerprint density at radius 1 is 1.25 bits per heavy atom. The first-order valence-corrected chi connectivity index (χ1v) is 7.97. The van der Waals surface area contributed by atoms with Crippen LogP contribution in [-0.4, -0.2) is 28.3 Å². The predicted molar refractivity (Wildman–Crippen MR) is 89.5 cm³/mol. The molecule has 3 aromatic rings. The number of fused-ring (bicyclic) bond motifs is 1. The molecule has 0 amide bonds. The number of benzene rings is 2. The van der Waals surface area contributed by atoms with Crippen LogP contribution in [0.25, 0.3) is 10.9 Å². The molecule has 0 radical (unpaired) electrons. The minimum Gasteiger partial charge on any atom is -0.461 e. The topological polar surface area (TPSA) is 61.2 Å². The number of hydrogen-bond donors (Lipinski definition) is 0. The van der Waals surface area contributed by atoms with E-state index in [0.29, 0.717) is 15.4 Å². The van der Waals surface area contributed by atoms with Crippen molar-refractivity contribution < 1.29 is 18.7 Å². The Bertz CT molecular complexity index is 952. The number of aromatic nitrogens is 2. The van der Waals surface area contributed by atoms with Gasteiger partial charge in [-0.15, -0.1) is 0 Å². The van der Waals surface area contributed by atoms with E-state index in [9.17, 15) is 14.0 Å². The second-order valence-corrected chi connectivity index (χ2v) is 5.78. The number of nitrogens with zero attached hydrogens (tertiary/aromatic N) is 2. The monoisotopic (exact) mass is 390 g/mol. The van der Waals surface area contributed by atoms with Gasteiger partial charge in [0.1, 0.15) is 5.82 Å². The molecule has 3 rings (SSSR count). The molecule has 122 valence electrons. The first-order chi connectivity index (χ1) is 11.5. The van der Waals surface area contributed by atoms with Gasteiger partial charge in [0.2, 0.25) is 0 Å². The van der Waals surface area contributed by atoms with Gasteiger partial charge in [-0.25, -0.2) is 9.18 Å². The number of para-hydroxylation sites is 1. The fourth-order valence-electron chi connectivity index (χ4n) is 2.35. The van der Waals surface area contributed by atoms with Crippen LogP contribution in [0.5, 0.6) is 0 Å². The van der Waals surface area contributed by atoms with E-state index in [1.54, 1.807) is 31.2 Å². The molecule has 0 aliphatic rings. The summed E-state index contributed by atoms with van der Waals surface area (Å²) in [4.78, 5) is 24.9. The van der Waals surface area contributed by atoms with Crippen molar-refractivity contribution in [2.75, 3.05) is 6.61 Å². The van der Waals surface area contributed by atoms with Crippen molar-refractivity contribution in [3.05, 3.63) is 64.0 Å². The number of rotatable bonds is 3. The lowest BCUT2D eigenvalue weighted by molar-refractivity contribution is 0.0521. The number of carbonyl (C=O) groups excluding carboxylic acids is 2. The summed E-state index contributed by atoms with van der Waals surface area (Å²) in [5.74, 6) is -1.54. The van der Waals surface area contributed by atoms with E-state index in [4.69, 9.17) is 4.74 Å². The lowest BCUT2D eigenvalue weighted by atomic mass is 10.2. The van der Waals surface area contributed by atoms with Crippen LogP contribution in [0.3, 0.4) is 0 Å². The third kappa shape index (κ3) is 2.82. The quantitative estimate of drug-likeness (QED) is 0.638. The minimum absolute atomic E-state index is 0.0686.